The molecule has 0 spiro atoms. The van der Waals surface area contributed by atoms with E-state index in [2.05, 4.69) is 60.1 Å². The van der Waals surface area contributed by atoms with Crippen molar-refractivity contribution in [3.05, 3.63) is 27.3 Å². The highest BCUT2D eigenvalue weighted by molar-refractivity contribution is 14.1. The molecular weight excluding hydrogens is 263 g/mol. The van der Waals surface area contributed by atoms with E-state index in [9.17, 15) is 0 Å². The monoisotopic (exact) mass is 276 g/mol. The Morgan fingerprint density at radius 1 is 1.42 bits per heavy atom. The predicted molar refractivity (Wildman–Crippen MR) is 61.1 cm³/mol. The van der Waals surface area contributed by atoms with Gasteiger partial charge in [0.15, 0.2) is 0 Å². The Labute approximate surface area is 86.6 Å². The summed E-state index contributed by atoms with van der Waals surface area (Å²) in [7, 11) is 0. The lowest BCUT2D eigenvalue weighted by molar-refractivity contribution is 0.866. The van der Waals surface area contributed by atoms with Crippen molar-refractivity contribution in [3.63, 3.8) is 0 Å². The summed E-state index contributed by atoms with van der Waals surface area (Å²) in [5, 5.41) is 0. The van der Waals surface area contributed by atoms with Crippen LogP contribution in [0.3, 0.4) is 0 Å². The highest BCUT2D eigenvalue weighted by Crippen LogP contribution is 2.24. The van der Waals surface area contributed by atoms with Gasteiger partial charge in [-0.1, -0.05) is 19.9 Å². The number of benzene rings is 1. The number of nitrogen functional groups attached to an aromatic ring is 1. The van der Waals surface area contributed by atoms with Crippen molar-refractivity contribution in [3.8, 4) is 0 Å². The van der Waals surface area contributed by atoms with Crippen LogP contribution in [0.5, 0.6) is 0 Å². The zero-order chi connectivity index (χ0) is 9.14. The molecule has 0 aliphatic heterocycles. The fraction of sp³-hybridized carbons (Fsp3) is 0.333. The maximum absolute atomic E-state index is 5.40. The number of hydrogen-bond donors (Lipinski definition) is 2. The van der Waals surface area contributed by atoms with Gasteiger partial charge in [0, 0.05) is 3.57 Å². The zero-order valence-electron chi connectivity index (χ0n) is 7.26. The highest BCUT2D eigenvalue weighted by atomic mass is 127. The summed E-state index contributed by atoms with van der Waals surface area (Å²) >= 11 is 2.27. The molecule has 0 saturated heterocycles. The smallest absolute Gasteiger partial charge is 0.0530 e. The molecule has 1 rings (SSSR count). The lowest BCUT2D eigenvalue weighted by Gasteiger charge is -2.11. The van der Waals surface area contributed by atoms with E-state index in [4.69, 9.17) is 5.84 Å². The van der Waals surface area contributed by atoms with Gasteiger partial charge in [0.25, 0.3) is 0 Å². The summed E-state index contributed by atoms with van der Waals surface area (Å²) in [5.74, 6) is 5.91. The van der Waals surface area contributed by atoms with Crippen molar-refractivity contribution in [2.75, 3.05) is 5.43 Å². The van der Waals surface area contributed by atoms with Crippen molar-refractivity contribution in [2.45, 2.75) is 19.8 Å². The molecule has 66 valence electrons. The normalized spacial score (nSPS) is 10.4. The maximum Gasteiger partial charge on any atom is 0.0530 e. The van der Waals surface area contributed by atoms with Gasteiger partial charge in [-0.05, 0) is 46.2 Å². The van der Waals surface area contributed by atoms with Crippen LogP contribution in [0, 0.1) is 3.57 Å². The zero-order valence-corrected chi connectivity index (χ0v) is 9.42. The summed E-state index contributed by atoms with van der Waals surface area (Å²) in [5.41, 5.74) is 5.00. The molecule has 0 fully saturated rings. The molecule has 2 nitrogen and oxygen atoms in total. The van der Waals surface area contributed by atoms with Gasteiger partial charge in [0.2, 0.25) is 0 Å². The van der Waals surface area contributed by atoms with Gasteiger partial charge in [0.1, 0.15) is 0 Å². The van der Waals surface area contributed by atoms with Crippen LogP contribution in [0.15, 0.2) is 18.2 Å². The molecule has 0 radical (unpaired) electrons. The molecular formula is C9H13IN2. The molecule has 0 aliphatic carbocycles. The maximum atomic E-state index is 5.40. The van der Waals surface area contributed by atoms with Crippen molar-refractivity contribution in [1.82, 2.24) is 0 Å². The number of hydrogen-bond acceptors (Lipinski definition) is 2. The lowest BCUT2D eigenvalue weighted by Crippen LogP contribution is -2.10. The van der Waals surface area contributed by atoms with Crippen LogP contribution in [-0.4, -0.2) is 0 Å². The van der Waals surface area contributed by atoms with E-state index in [0.717, 1.165) is 5.69 Å². The average Bonchev–Trinajstić information content (AvgIpc) is 2.03. The largest absolute Gasteiger partial charge is 0.324 e. The van der Waals surface area contributed by atoms with Gasteiger partial charge in [0.05, 0.1) is 5.69 Å². The third kappa shape index (κ3) is 2.10. The van der Waals surface area contributed by atoms with E-state index in [-0.39, 0.29) is 0 Å². The molecule has 3 heteroatoms. The summed E-state index contributed by atoms with van der Waals surface area (Å²) < 4.78 is 1.20. The Hall–Kier alpha value is -0.290. The summed E-state index contributed by atoms with van der Waals surface area (Å²) in [6.45, 7) is 4.31. The Balaban J connectivity index is 3.11. The first kappa shape index (κ1) is 9.80. The van der Waals surface area contributed by atoms with Gasteiger partial charge in [-0.25, -0.2) is 0 Å². The van der Waals surface area contributed by atoms with Gasteiger partial charge >= 0.3 is 0 Å². The third-order valence-corrected chi connectivity index (χ3v) is 2.46. The second kappa shape index (κ2) is 4.09. The Morgan fingerprint density at radius 3 is 2.58 bits per heavy atom. The Morgan fingerprint density at radius 2 is 2.08 bits per heavy atom. The van der Waals surface area contributed by atoms with Crippen LogP contribution in [0.4, 0.5) is 5.69 Å². The lowest BCUT2D eigenvalue weighted by atomic mass is 10.0. The van der Waals surface area contributed by atoms with Crippen LogP contribution in [0.1, 0.15) is 25.3 Å². The number of nitrogens with two attached hydrogens (primary N) is 1. The number of halogens is 1. The first-order chi connectivity index (χ1) is 5.65. The molecule has 0 bridgehead atoms. The minimum absolute atomic E-state index is 0.507. The van der Waals surface area contributed by atoms with Crippen molar-refractivity contribution >= 4 is 28.3 Å². The van der Waals surface area contributed by atoms with Crippen LogP contribution in [-0.2, 0) is 0 Å². The van der Waals surface area contributed by atoms with Gasteiger partial charge in [-0.15, -0.1) is 0 Å². The van der Waals surface area contributed by atoms with Gasteiger partial charge in [-0.3, -0.25) is 5.84 Å². The molecule has 3 N–H and O–H groups in total. The van der Waals surface area contributed by atoms with E-state index in [1.807, 2.05) is 0 Å². The molecule has 1 aromatic carbocycles. The third-order valence-electron chi connectivity index (χ3n) is 1.79. The number of hydrazine groups is 1. The number of rotatable bonds is 2. The van der Waals surface area contributed by atoms with E-state index < -0.39 is 0 Å². The summed E-state index contributed by atoms with van der Waals surface area (Å²) in [6.07, 6.45) is 0. The molecule has 0 aliphatic rings. The van der Waals surface area contributed by atoms with Crippen molar-refractivity contribution < 1.29 is 0 Å². The minimum atomic E-state index is 0.507. The fourth-order valence-corrected chi connectivity index (χ4v) is 1.65. The van der Waals surface area contributed by atoms with Crippen molar-refractivity contribution in [1.29, 1.82) is 0 Å². The molecule has 12 heavy (non-hydrogen) atoms. The Kier molecular flexibility index (Phi) is 3.34. The summed E-state index contributed by atoms with van der Waals surface area (Å²) in [6, 6.07) is 6.26. The molecule has 0 saturated carbocycles. The standard InChI is InChI=1S/C9H13IN2/c1-6(2)8-4-3-7(10)5-9(8)12-11/h3-6,12H,11H2,1-2H3. The summed E-state index contributed by atoms with van der Waals surface area (Å²) in [4.78, 5) is 0. The van der Waals surface area contributed by atoms with E-state index in [1.54, 1.807) is 0 Å². The quantitative estimate of drug-likeness (QED) is 0.495. The van der Waals surface area contributed by atoms with Crippen LogP contribution in [0.2, 0.25) is 0 Å². The highest BCUT2D eigenvalue weighted by Gasteiger charge is 2.04. The van der Waals surface area contributed by atoms with Crippen LogP contribution in [0.25, 0.3) is 0 Å². The fourth-order valence-electron chi connectivity index (χ4n) is 1.16. The second-order valence-corrected chi connectivity index (χ2v) is 4.28. The molecule has 0 amide bonds. The van der Waals surface area contributed by atoms with Gasteiger partial charge < -0.3 is 5.43 Å². The average molecular weight is 276 g/mol. The van der Waals surface area contributed by atoms with Gasteiger partial charge in [-0.2, -0.15) is 0 Å². The number of anilines is 1. The topological polar surface area (TPSA) is 38.0 Å². The first-order valence-corrected chi connectivity index (χ1v) is 4.99. The van der Waals surface area contributed by atoms with Crippen LogP contribution < -0.4 is 11.3 Å². The molecule has 0 aromatic heterocycles. The van der Waals surface area contributed by atoms with E-state index in [1.165, 1.54) is 9.13 Å². The first-order valence-electron chi connectivity index (χ1n) is 3.91. The Bertz CT molecular complexity index is 271. The number of nitrogens with one attached hydrogen (secondary N) is 1. The molecule has 0 heterocycles. The van der Waals surface area contributed by atoms with Crippen LogP contribution >= 0.6 is 22.6 Å². The minimum Gasteiger partial charge on any atom is -0.324 e. The molecule has 0 unspecified atom stereocenters. The molecule has 1 aromatic rings. The second-order valence-electron chi connectivity index (χ2n) is 3.03. The van der Waals surface area contributed by atoms with Crippen molar-refractivity contribution in [2.24, 2.45) is 5.84 Å². The molecule has 0 atom stereocenters. The van der Waals surface area contributed by atoms with E-state index >= 15 is 0 Å². The van der Waals surface area contributed by atoms with E-state index in [0.29, 0.717) is 5.92 Å². The predicted octanol–water partition coefficient (Wildman–Crippen LogP) is 2.70. The SMILES string of the molecule is CC(C)c1ccc(I)cc1NN.